The molecule has 0 radical (unpaired) electrons. The summed E-state index contributed by atoms with van der Waals surface area (Å²) in [6.07, 6.45) is 0. The van der Waals surface area contributed by atoms with E-state index in [1.807, 2.05) is 19.1 Å². The van der Waals surface area contributed by atoms with Crippen LogP contribution in [-0.2, 0) is 9.53 Å². The van der Waals surface area contributed by atoms with Crippen LogP contribution >= 0.6 is 0 Å². The van der Waals surface area contributed by atoms with Crippen LogP contribution in [0.1, 0.15) is 31.9 Å². The van der Waals surface area contributed by atoms with Gasteiger partial charge in [-0.2, -0.15) is 0 Å². The van der Waals surface area contributed by atoms with E-state index in [1.165, 1.54) is 6.92 Å². The molecule has 0 N–H and O–H groups in total. The number of ether oxygens (including phenoxy) is 3. The number of carbonyl (C=O) groups excluding carboxylic acids is 1. The van der Waals surface area contributed by atoms with Crippen LogP contribution in [0.15, 0.2) is 18.7 Å². The Kier molecular flexibility index (Phi) is 6.28. The lowest BCUT2D eigenvalue weighted by atomic mass is 10.0. The fourth-order valence-corrected chi connectivity index (χ4v) is 1.80. The molecule has 4 heteroatoms. The van der Waals surface area contributed by atoms with Gasteiger partial charge in [0.1, 0.15) is 18.1 Å². The van der Waals surface area contributed by atoms with Gasteiger partial charge in [-0.3, -0.25) is 4.79 Å². The molecule has 1 rings (SSSR count). The maximum absolute atomic E-state index is 10.9. The van der Waals surface area contributed by atoms with E-state index in [2.05, 4.69) is 20.4 Å². The average molecular weight is 292 g/mol. The van der Waals surface area contributed by atoms with Crippen LogP contribution in [0.4, 0.5) is 0 Å². The maximum atomic E-state index is 10.9. The summed E-state index contributed by atoms with van der Waals surface area (Å²) in [5.41, 5.74) is 2.47. The van der Waals surface area contributed by atoms with Crippen molar-refractivity contribution in [2.45, 2.75) is 27.7 Å². The Morgan fingerprint density at radius 1 is 1.29 bits per heavy atom. The van der Waals surface area contributed by atoms with E-state index in [4.69, 9.17) is 14.2 Å². The third-order valence-electron chi connectivity index (χ3n) is 2.90. The molecule has 0 bridgehead atoms. The average Bonchev–Trinajstić information content (AvgIpc) is 2.42. The zero-order chi connectivity index (χ0) is 16.0. The zero-order valence-electron chi connectivity index (χ0n) is 13.5. The van der Waals surface area contributed by atoms with Crippen LogP contribution in [0.3, 0.4) is 0 Å². The molecule has 0 saturated heterocycles. The second kappa shape index (κ2) is 7.72. The molecular weight excluding hydrogens is 268 g/mol. The number of aryl methyl sites for hydroxylation is 1. The van der Waals surface area contributed by atoms with Gasteiger partial charge >= 0.3 is 5.97 Å². The minimum absolute atomic E-state index is 0.138. The Labute approximate surface area is 126 Å². The largest absolute Gasteiger partial charge is 0.496 e. The van der Waals surface area contributed by atoms with Crippen molar-refractivity contribution >= 4 is 11.5 Å². The summed E-state index contributed by atoms with van der Waals surface area (Å²) < 4.78 is 16.2. The standard InChI is InChI=1S/C17H24O4/c1-11(2)9-21-17-7-12(3)16(19-6)8-15(17)13(4)10-20-14(5)18/h7-8,11H,4,9-10H2,1-3,5-6H3. The van der Waals surface area contributed by atoms with Gasteiger partial charge in [-0.25, -0.2) is 0 Å². The molecule has 0 aliphatic carbocycles. The molecule has 0 unspecified atom stereocenters. The molecule has 0 aliphatic heterocycles. The summed E-state index contributed by atoms with van der Waals surface area (Å²) >= 11 is 0. The number of hydrogen-bond acceptors (Lipinski definition) is 4. The SMILES string of the molecule is C=C(COC(C)=O)c1cc(OC)c(C)cc1OCC(C)C. The van der Waals surface area contributed by atoms with Gasteiger partial charge in [0.05, 0.1) is 13.7 Å². The second-order valence-electron chi connectivity index (χ2n) is 5.41. The molecule has 0 atom stereocenters. The fraction of sp³-hybridized carbons (Fsp3) is 0.471. The van der Waals surface area contributed by atoms with Crippen molar-refractivity contribution in [1.29, 1.82) is 0 Å². The summed E-state index contributed by atoms with van der Waals surface area (Å²) in [5.74, 6) is 1.58. The highest BCUT2D eigenvalue weighted by Gasteiger charge is 2.13. The number of esters is 1. The Hall–Kier alpha value is -1.97. The predicted molar refractivity (Wildman–Crippen MR) is 83.7 cm³/mol. The van der Waals surface area contributed by atoms with Crippen LogP contribution in [-0.4, -0.2) is 26.3 Å². The van der Waals surface area contributed by atoms with Crippen molar-refractivity contribution in [1.82, 2.24) is 0 Å². The summed E-state index contributed by atoms with van der Waals surface area (Å²) in [5, 5.41) is 0. The summed E-state index contributed by atoms with van der Waals surface area (Å²) in [4.78, 5) is 10.9. The molecule has 0 aromatic heterocycles. The Morgan fingerprint density at radius 3 is 2.48 bits per heavy atom. The molecule has 21 heavy (non-hydrogen) atoms. The Morgan fingerprint density at radius 2 is 1.95 bits per heavy atom. The highest BCUT2D eigenvalue weighted by atomic mass is 16.5. The number of hydrogen-bond donors (Lipinski definition) is 0. The first kappa shape index (κ1) is 17.1. The van der Waals surface area contributed by atoms with Crippen molar-refractivity contribution in [2.75, 3.05) is 20.3 Å². The van der Waals surface area contributed by atoms with Crippen molar-refractivity contribution in [3.8, 4) is 11.5 Å². The van der Waals surface area contributed by atoms with Crippen LogP contribution in [0, 0.1) is 12.8 Å². The van der Waals surface area contributed by atoms with Gasteiger partial charge < -0.3 is 14.2 Å². The Balaban J connectivity index is 3.06. The Bertz CT molecular complexity index is 518. The molecule has 1 aromatic carbocycles. The van der Waals surface area contributed by atoms with Crippen molar-refractivity contribution < 1.29 is 19.0 Å². The van der Waals surface area contributed by atoms with Crippen molar-refractivity contribution in [3.63, 3.8) is 0 Å². The third kappa shape index (κ3) is 5.14. The first-order valence-corrected chi connectivity index (χ1v) is 6.98. The number of rotatable bonds is 7. The highest BCUT2D eigenvalue weighted by Crippen LogP contribution is 2.33. The molecule has 0 fully saturated rings. The van der Waals surface area contributed by atoms with E-state index < -0.39 is 0 Å². The quantitative estimate of drug-likeness (QED) is 0.720. The lowest BCUT2D eigenvalue weighted by Crippen LogP contribution is -2.08. The highest BCUT2D eigenvalue weighted by molar-refractivity contribution is 5.74. The molecule has 0 saturated carbocycles. The lowest BCUT2D eigenvalue weighted by molar-refractivity contribution is -0.139. The number of carbonyl (C=O) groups is 1. The predicted octanol–water partition coefficient (Wildman–Crippen LogP) is 3.61. The van der Waals surface area contributed by atoms with Gasteiger partial charge in [0.25, 0.3) is 0 Å². The zero-order valence-corrected chi connectivity index (χ0v) is 13.5. The van der Waals surface area contributed by atoms with Gasteiger partial charge in [0.15, 0.2) is 0 Å². The molecule has 0 amide bonds. The van der Waals surface area contributed by atoms with Gasteiger partial charge in [0.2, 0.25) is 0 Å². The second-order valence-corrected chi connectivity index (χ2v) is 5.41. The van der Waals surface area contributed by atoms with E-state index in [9.17, 15) is 4.79 Å². The first-order chi connectivity index (χ1) is 9.85. The van der Waals surface area contributed by atoms with E-state index in [-0.39, 0.29) is 12.6 Å². The van der Waals surface area contributed by atoms with Crippen LogP contribution < -0.4 is 9.47 Å². The molecule has 116 valence electrons. The fourth-order valence-electron chi connectivity index (χ4n) is 1.80. The van der Waals surface area contributed by atoms with E-state index in [1.54, 1.807) is 7.11 Å². The molecule has 0 heterocycles. The minimum atomic E-state index is -0.333. The van der Waals surface area contributed by atoms with E-state index >= 15 is 0 Å². The number of methoxy groups -OCH3 is 1. The van der Waals surface area contributed by atoms with E-state index in [0.29, 0.717) is 18.1 Å². The van der Waals surface area contributed by atoms with Crippen LogP contribution in [0.2, 0.25) is 0 Å². The molecule has 0 aliphatic rings. The minimum Gasteiger partial charge on any atom is -0.496 e. The third-order valence-corrected chi connectivity index (χ3v) is 2.90. The summed E-state index contributed by atoms with van der Waals surface area (Å²) in [6.45, 7) is 12.2. The number of benzene rings is 1. The van der Waals surface area contributed by atoms with Gasteiger partial charge in [-0.05, 0) is 36.1 Å². The molecule has 0 spiro atoms. The van der Waals surface area contributed by atoms with E-state index in [0.717, 1.165) is 22.6 Å². The summed E-state index contributed by atoms with van der Waals surface area (Å²) in [6, 6.07) is 3.80. The molecule has 1 aromatic rings. The molecular formula is C17H24O4. The van der Waals surface area contributed by atoms with Crippen molar-refractivity contribution in [2.24, 2.45) is 5.92 Å². The summed E-state index contributed by atoms with van der Waals surface area (Å²) in [7, 11) is 1.62. The lowest BCUT2D eigenvalue weighted by Gasteiger charge is -2.17. The topological polar surface area (TPSA) is 44.8 Å². The first-order valence-electron chi connectivity index (χ1n) is 6.98. The van der Waals surface area contributed by atoms with Crippen LogP contribution in [0.5, 0.6) is 11.5 Å². The normalized spacial score (nSPS) is 10.4. The van der Waals surface area contributed by atoms with Gasteiger partial charge in [-0.1, -0.05) is 20.4 Å². The van der Waals surface area contributed by atoms with Crippen LogP contribution in [0.25, 0.3) is 5.57 Å². The van der Waals surface area contributed by atoms with Gasteiger partial charge in [0, 0.05) is 12.5 Å². The molecule has 4 nitrogen and oxygen atoms in total. The smallest absolute Gasteiger partial charge is 0.302 e. The maximum Gasteiger partial charge on any atom is 0.302 e. The van der Waals surface area contributed by atoms with Gasteiger partial charge in [-0.15, -0.1) is 0 Å². The monoisotopic (exact) mass is 292 g/mol. The van der Waals surface area contributed by atoms with Crippen molar-refractivity contribution in [3.05, 3.63) is 29.8 Å².